The first-order valence-corrected chi connectivity index (χ1v) is 8.30. The third-order valence-corrected chi connectivity index (χ3v) is 4.65. The molecule has 1 aliphatic heterocycles. The first kappa shape index (κ1) is 15.8. The summed E-state index contributed by atoms with van der Waals surface area (Å²) in [5, 5.41) is 0.582. The molecular weight excluding hydrogens is 304 g/mol. The molecule has 0 radical (unpaired) electrons. The highest BCUT2D eigenvalue weighted by atomic mass is 35.5. The number of ether oxygens (including phenoxy) is 3. The minimum Gasteiger partial charge on any atom is -0.464 e. The zero-order valence-corrected chi connectivity index (χ0v) is 13.5. The Morgan fingerprint density at radius 2 is 2.00 bits per heavy atom. The monoisotopic (exact) mass is 324 g/mol. The highest BCUT2D eigenvalue weighted by molar-refractivity contribution is 6.31. The Morgan fingerprint density at radius 3 is 2.68 bits per heavy atom. The Bertz CT molecular complexity index is 539. The lowest BCUT2D eigenvalue weighted by Gasteiger charge is -2.31. The van der Waals surface area contributed by atoms with Crippen molar-refractivity contribution in [2.75, 3.05) is 6.61 Å². The predicted octanol–water partition coefficient (Wildman–Crippen LogP) is 4.02. The number of halogens is 1. The van der Waals surface area contributed by atoms with E-state index in [1.54, 1.807) is 13.0 Å². The molecule has 0 aromatic heterocycles. The molecule has 1 aromatic carbocycles. The zero-order chi connectivity index (χ0) is 15.6. The van der Waals surface area contributed by atoms with Gasteiger partial charge in [-0.05, 0) is 25.8 Å². The van der Waals surface area contributed by atoms with Crippen molar-refractivity contribution < 1.29 is 19.0 Å². The molecule has 1 spiro atoms. The number of carbonyl (C=O) groups excluding carboxylic acids is 1. The largest absolute Gasteiger partial charge is 0.464 e. The number of benzene rings is 1. The van der Waals surface area contributed by atoms with Gasteiger partial charge in [0, 0.05) is 23.4 Å². The maximum Gasteiger partial charge on any atom is 0.338 e. The Balaban J connectivity index is 1.90. The van der Waals surface area contributed by atoms with Gasteiger partial charge in [-0.25, -0.2) is 4.79 Å². The van der Waals surface area contributed by atoms with Crippen LogP contribution >= 0.6 is 11.6 Å². The van der Waals surface area contributed by atoms with Crippen LogP contribution in [0.15, 0.2) is 24.3 Å². The summed E-state index contributed by atoms with van der Waals surface area (Å²) in [6.07, 6.45) is 3.63. The Kier molecular flexibility index (Phi) is 4.71. The topological polar surface area (TPSA) is 44.8 Å². The van der Waals surface area contributed by atoms with Gasteiger partial charge >= 0.3 is 5.97 Å². The molecule has 2 fully saturated rings. The molecule has 22 heavy (non-hydrogen) atoms. The van der Waals surface area contributed by atoms with Crippen molar-refractivity contribution in [3.8, 4) is 0 Å². The van der Waals surface area contributed by atoms with Gasteiger partial charge in [0.15, 0.2) is 11.9 Å². The molecule has 5 heteroatoms. The van der Waals surface area contributed by atoms with Gasteiger partial charge in [-0.1, -0.05) is 36.2 Å². The van der Waals surface area contributed by atoms with Crippen LogP contribution in [-0.2, 0) is 19.0 Å². The highest BCUT2D eigenvalue weighted by Gasteiger charge is 2.52. The summed E-state index contributed by atoms with van der Waals surface area (Å²) in [6, 6.07) is 7.43. The van der Waals surface area contributed by atoms with E-state index in [9.17, 15) is 4.79 Å². The van der Waals surface area contributed by atoms with Crippen molar-refractivity contribution in [2.45, 2.75) is 57.0 Å². The fraction of sp³-hybridized carbons (Fsp3) is 0.588. The second-order valence-electron chi connectivity index (χ2n) is 5.82. The minimum absolute atomic E-state index is 0.320. The van der Waals surface area contributed by atoms with Crippen LogP contribution in [-0.4, -0.2) is 24.5 Å². The summed E-state index contributed by atoms with van der Waals surface area (Å²) in [6.45, 7) is 2.11. The maximum atomic E-state index is 12.3. The van der Waals surface area contributed by atoms with Crippen molar-refractivity contribution in [3.05, 3.63) is 34.9 Å². The van der Waals surface area contributed by atoms with E-state index in [0.29, 0.717) is 11.6 Å². The molecule has 120 valence electrons. The Morgan fingerprint density at radius 1 is 1.27 bits per heavy atom. The lowest BCUT2D eigenvalue weighted by molar-refractivity contribution is -0.200. The standard InChI is InChI=1S/C17H21ClO4/c1-2-20-16(19)15-14(12-8-4-5-9-13(12)18)21-17(22-15)10-6-3-7-11-17/h4-5,8-9,14-15H,2-3,6-7,10-11H2,1H3. The van der Waals surface area contributed by atoms with E-state index < -0.39 is 18.0 Å². The van der Waals surface area contributed by atoms with Crippen molar-refractivity contribution in [2.24, 2.45) is 0 Å². The lowest BCUT2D eigenvalue weighted by Crippen LogP contribution is -2.35. The summed E-state index contributed by atoms with van der Waals surface area (Å²) in [7, 11) is 0. The molecule has 1 saturated carbocycles. The normalized spacial score (nSPS) is 27.0. The number of rotatable bonds is 3. The third-order valence-electron chi connectivity index (χ3n) is 4.30. The van der Waals surface area contributed by atoms with Crippen LogP contribution in [0.4, 0.5) is 0 Å². The van der Waals surface area contributed by atoms with Crippen LogP contribution in [0, 0.1) is 0 Å². The smallest absolute Gasteiger partial charge is 0.338 e. The predicted molar refractivity (Wildman–Crippen MR) is 82.6 cm³/mol. The van der Waals surface area contributed by atoms with Crippen molar-refractivity contribution in [3.63, 3.8) is 0 Å². The molecular formula is C17H21ClO4. The summed E-state index contributed by atoms with van der Waals surface area (Å²) >= 11 is 6.29. The van der Waals surface area contributed by atoms with Crippen LogP contribution in [0.1, 0.15) is 50.7 Å². The van der Waals surface area contributed by atoms with Crippen molar-refractivity contribution in [1.29, 1.82) is 0 Å². The molecule has 1 saturated heterocycles. The van der Waals surface area contributed by atoms with Gasteiger partial charge in [0.05, 0.1) is 6.61 Å². The number of hydrogen-bond donors (Lipinski definition) is 0. The van der Waals surface area contributed by atoms with Gasteiger partial charge in [0.25, 0.3) is 0 Å². The van der Waals surface area contributed by atoms with Gasteiger partial charge < -0.3 is 14.2 Å². The average molecular weight is 325 g/mol. The lowest BCUT2D eigenvalue weighted by atomic mass is 9.94. The molecule has 2 aliphatic rings. The van der Waals surface area contributed by atoms with E-state index in [0.717, 1.165) is 31.2 Å². The number of hydrogen-bond acceptors (Lipinski definition) is 4. The van der Waals surface area contributed by atoms with E-state index in [2.05, 4.69) is 0 Å². The zero-order valence-electron chi connectivity index (χ0n) is 12.7. The molecule has 0 amide bonds. The second kappa shape index (κ2) is 6.57. The summed E-state index contributed by atoms with van der Waals surface area (Å²) < 4.78 is 17.5. The van der Waals surface area contributed by atoms with Gasteiger partial charge in [-0.3, -0.25) is 0 Å². The molecule has 0 bridgehead atoms. The Hall–Kier alpha value is -1.10. The Labute approximate surface area is 135 Å². The fourth-order valence-electron chi connectivity index (χ4n) is 3.27. The molecule has 4 nitrogen and oxygen atoms in total. The van der Waals surface area contributed by atoms with Crippen LogP contribution in [0.3, 0.4) is 0 Å². The molecule has 0 N–H and O–H groups in total. The third kappa shape index (κ3) is 3.00. The van der Waals surface area contributed by atoms with Crippen LogP contribution < -0.4 is 0 Å². The first-order chi connectivity index (χ1) is 10.7. The van der Waals surface area contributed by atoms with E-state index in [1.165, 1.54) is 6.42 Å². The maximum absolute atomic E-state index is 12.3. The summed E-state index contributed by atoms with van der Waals surface area (Å²) in [5.41, 5.74) is 0.782. The molecule has 1 aromatic rings. The second-order valence-corrected chi connectivity index (χ2v) is 6.23. The van der Waals surface area contributed by atoms with Crippen LogP contribution in [0.5, 0.6) is 0 Å². The fourth-order valence-corrected chi connectivity index (χ4v) is 3.51. The van der Waals surface area contributed by atoms with E-state index in [-0.39, 0.29) is 5.97 Å². The quantitative estimate of drug-likeness (QED) is 0.788. The van der Waals surface area contributed by atoms with Crippen LogP contribution in [0.2, 0.25) is 5.02 Å². The average Bonchev–Trinajstić information content (AvgIpc) is 2.88. The minimum atomic E-state index is -0.752. The molecule has 3 rings (SSSR count). The molecule has 1 heterocycles. The molecule has 1 aliphatic carbocycles. The van der Waals surface area contributed by atoms with E-state index >= 15 is 0 Å². The van der Waals surface area contributed by atoms with E-state index in [4.69, 9.17) is 25.8 Å². The van der Waals surface area contributed by atoms with E-state index in [1.807, 2.05) is 18.2 Å². The van der Waals surface area contributed by atoms with Crippen molar-refractivity contribution >= 4 is 17.6 Å². The van der Waals surface area contributed by atoms with Crippen LogP contribution in [0.25, 0.3) is 0 Å². The molecule has 2 unspecified atom stereocenters. The van der Waals surface area contributed by atoms with Gasteiger partial charge in [0.1, 0.15) is 6.10 Å². The van der Waals surface area contributed by atoms with Gasteiger partial charge in [-0.2, -0.15) is 0 Å². The molecule has 2 atom stereocenters. The van der Waals surface area contributed by atoms with Gasteiger partial charge in [-0.15, -0.1) is 0 Å². The SMILES string of the molecule is CCOC(=O)C1OC2(CCCCC2)OC1c1ccccc1Cl. The van der Waals surface area contributed by atoms with Crippen molar-refractivity contribution in [1.82, 2.24) is 0 Å². The number of carbonyl (C=O) groups is 1. The summed E-state index contributed by atoms with van der Waals surface area (Å²) in [4.78, 5) is 12.3. The summed E-state index contributed by atoms with van der Waals surface area (Å²) in [5.74, 6) is -1.05. The number of esters is 1. The first-order valence-electron chi connectivity index (χ1n) is 7.92. The highest BCUT2D eigenvalue weighted by Crippen LogP contribution is 2.47. The van der Waals surface area contributed by atoms with Gasteiger partial charge in [0.2, 0.25) is 0 Å².